The number of aromatic nitrogens is 1. The summed E-state index contributed by atoms with van der Waals surface area (Å²) < 4.78 is 7.52. The Morgan fingerprint density at radius 2 is 1.94 bits per heavy atom. The Balaban J connectivity index is 1.59. The number of quaternary nitrogens is 1. The lowest BCUT2D eigenvalue weighted by molar-refractivity contribution is -0.928. The highest BCUT2D eigenvalue weighted by Crippen LogP contribution is 2.22. The van der Waals surface area contributed by atoms with E-state index < -0.39 is 6.10 Å². The topological polar surface area (TPSA) is 55.9 Å². The highest BCUT2D eigenvalue weighted by molar-refractivity contribution is 5.69. The fourth-order valence-corrected chi connectivity index (χ4v) is 4.01. The predicted molar refractivity (Wildman–Crippen MR) is 123 cm³/mol. The second-order valence-corrected chi connectivity index (χ2v) is 9.97. The largest absolute Gasteiger partial charge is 0.463 e. The van der Waals surface area contributed by atoms with Gasteiger partial charge in [-0.1, -0.05) is 52.0 Å². The second-order valence-electron chi connectivity index (χ2n) is 9.97. The SMILES string of the molecule is CCCC(=O)OC[C@@H](O)C[NH+](Cc1cccn1Cc1ccc(C(C)(C)C)cc1)C1CC1. The van der Waals surface area contributed by atoms with Gasteiger partial charge in [0.15, 0.2) is 0 Å². The van der Waals surface area contributed by atoms with Crippen molar-refractivity contribution < 1.29 is 19.5 Å². The van der Waals surface area contributed by atoms with Crippen LogP contribution in [0.2, 0.25) is 0 Å². The molecule has 0 spiro atoms. The molecule has 1 saturated carbocycles. The van der Waals surface area contributed by atoms with Gasteiger partial charge in [0.2, 0.25) is 0 Å². The van der Waals surface area contributed by atoms with Crippen molar-refractivity contribution in [1.29, 1.82) is 0 Å². The van der Waals surface area contributed by atoms with Crippen LogP contribution >= 0.6 is 0 Å². The van der Waals surface area contributed by atoms with E-state index in [-0.39, 0.29) is 18.0 Å². The third-order valence-electron chi connectivity index (χ3n) is 6.05. The second kappa shape index (κ2) is 10.5. The Morgan fingerprint density at radius 3 is 2.55 bits per heavy atom. The molecule has 1 aromatic carbocycles. The van der Waals surface area contributed by atoms with Gasteiger partial charge in [-0.25, -0.2) is 0 Å². The smallest absolute Gasteiger partial charge is 0.305 e. The average molecular weight is 428 g/mol. The third kappa shape index (κ3) is 7.22. The quantitative estimate of drug-likeness (QED) is 0.542. The van der Waals surface area contributed by atoms with Crippen molar-refractivity contribution in [2.24, 2.45) is 0 Å². The molecule has 5 heteroatoms. The molecule has 1 aliphatic carbocycles. The molecule has 3 rings (SSSR count). The molecule has 0 aliphatic heterocycles. The molecule has 1 aromatic heterocycles. The summed E-state index contributed by atoms with van der Waals surface area (Å²) in [4.78, 5) is 13.0. The molecule has 2 aromatic rings. The number of aliphatic hydroxyl groups excluding tert-OH is 1. The van der Waals surface area contributed by atoms with Crippen LogP contribution in [0.5, 0.6) is 0 Å². The number of ether oxygens (including phenoxy) is 1. The molecular weight excluding hydrogens is 388 g/mol. The van der Waals surface area contributed by atoms with E-state index in [4.69, 9.17) is 4.74 Å². The van der Waals surface area contributed by atoms with Gasteiger partial charge in [-0.15, -0.1) is 0 Å². The van der Waals surface area contributed by atoms with Gasteiger partial charge in [-0.05, 0) is 35.1 Å². The van der Waals surface area contributed by atoms with E-state index in [0.717, 1.165) is 19.5 Å². The van der Waals surface area contributed by atoms with Crippen LogP contribution in [0.1, 0.15) is 70.2 Å². The van der Waals surface area contributed by atoms with Crippen molar-refractivity contribution in [3.63, 3.8) is 0 Å². The zero-order chi connectivity index (χ0) is 22.4. The predicted octanol–water partition coefficient (Wildman–Crippen LogP) is 3.09. The van der Waals surface area contributed by atoms with Crippen LogP contribution in [0.25, 0.3) is 0 Å². The molecule has 170 valence electrons. The number of rotatable bonds is 11. The number of nitrogens with zero attached hydrogens (tertiary/aromatic N) is 1. The number of hydrogen-bond donors (Lipinski definition) is 2. The maximum absolute atomic E-state index is 11.6. The van der Waals surface area contributed by atoms with E-state index in [1.54, 1.807) is 0 Å². The molecule has 1 heterocycles. The minimum atomic E-state index is -0.621. The molecule has 0 bridgehead atoms. The lowest BCUT2D eigenvalue weighted by atomic mass is 9.87. The van der Waals surface area contributed by atoms with Crippen molar-refractivity contribution in [3.8, 4) is 0 Å². The minimum absolute atomic E-state index is 0.0934. The van der Waals surface area contributed by atoms with Crippen LogP contribution in [0.4, 0.5) is 0 Å². The first-order valence-electron chi connectivity index (χ1n) is 11.7. The van der Waals surface area contributed by atoms with Gasteiger partial charge in [-0.3, -0.25) is 4.79 Å². The van der Waals surface area contributed by atoms with Crippen LogP contribution in [0.3, 0.4) is 0 Å². The zero-order valence-corrected chi connectivity index (χ0v) is 19.6. The molecule has 0 radical (unpaired) electrons. The van der Waals surface area contributed by atoms with Crippen molar-refractivity contribution in [3.05, 3.63) is 59.4 Å². The number of hydrogen-bond acceptors (Lipinski definition) is 3. The Morgan fingerprint density at radius 1 is 1.23 bits per heavy atom. The number of carbonyl (C=O) groups excluding carboxylic acids is 1. The standard InChI is InChI=1S/C26H38N2O3/c1-5-7-25(30)31-19-24(29)18-28(22-13-14-22)17-23-8-6-15-27(23)16-20-9-11-21(12-10-20)26(2,3)4/h6,8-12,15,22,24,29H,5,7,13-14,16-19H2,1-4H3/p+1/t24-/m0/s1. The first-order chi connectivity index (χ1) is 14.8. The lowest BCUT2D eigenvalue weighted by Crippen LogP contribution is -3.13. The Kier molecular flexibility index (Phi) is 7.95. The molecular formula is C26H39N2O3+. The van der Waals surface area contributed by atoms with Gasteiger partial charge in [0, 0.05) is 32.0 Å². The van der Waals surface area contributed by atoms with Crippen LogP contribution in [-0.4, -0.2) is 40.9 Å². The van der Waals surface area contributed by atoms with E-state index in [1.807, 2.05) is 6.92 Å². The summed E-state index contributed by atoms with van der Waals surface area (Å²) in [5.41, 5.74) is 4.08. The Bertz CT molecular complexity index is 831. The number of carbonyl (C=O) groups is 1. The number of benzene rings is 1. The van der Waals surface area contributed by atoms with E-state index >= 15 is 0 Å². The van der Waals surface area contributed by atoms with Crippen LogP contribution < -0.4 is 4.90 Å². The summed E-state index contributed by atoms with van der Waals surface area (Å²) in [5, 5.41) is 10.4. The number of esters is 1. The Labute approximate surface area is 187 Å². The summed E-state index contributed by atoms with van der Waals surface area (Å²) >= 11 is 0. The fourth-order valence-electron chi connectivity index (χ4n) is 4.01. The molecule has 0 saturated heterocycles. The maximum atomic E-state index is 11.6. The van der Waals surface area contributed by atoms with Gasteiger partial charge in [0.05, 0.1) is 11.7 Å². The van der Waals surface area contributed by atoms with Crippen LogP contribution in [0.15, 0.2) is 42.6 Å². The van der Waals surface area contributed by atoms with Crippen molar-refractivity contribution in [2.45, 2.75) is 84.0 Å². The van der Waals surface area contributed by atoms with E-state index in [9.17, 15) is 9.90 Å². The number of nitrogens with one attached hydrogen (secondary N) is 1. The zero-order valence-electron chi connectivity index (χ0n) is 19.6. The van der Waals surface area contributed by atoms with E-state index in [0.29, 0.717) is 19.0 Å². The fraction of sp³-hybridized carbons (Fsp3) is 0.577. The van der Waals surface area contributed by atoms with Crippen molar-refractivity contribution in [2.75, 3.05) is 13.2 Å². The normalized spacial score (nSPS) is 16.2. The molecule has 5 nitrogen and oxygen atoms in total. The molecule has 2 atom stereocenters. The summed E-state index contributed by atoms with van der Waals surface area (Å²) in [5.74, 6) is -0.221. The third-order valence-corrected chi connectivity index (χ3v) is 6.05. The number of aliphatic hydroxyl groups is 1. The summed E-state index contributed by atoms with van der Waals surface area (Å²) in [7, 11) is 0. The van der Waals surface area contributed by atoms with Crippen LogP contribution in [-0.2, 0) is 28.0 Å². The summed E-state index contributed by atoms with van der Waals surface area (Å²) in [6.07, 6.45) is 5.10. The molecule has 31 heavy (non-hydrogen) atoms. The molecule has 2 N–H and O–H groups in total. The molecule has 1 unspecified atom stereocenters. The van der Waals surface area contributed by atoms with Gasteiger partial charge in [0.25, 0.3) is 0 Å². The molecule has 1 fully saturated rings. The van der Waals surface area contributed by atoms with Gasteiger partial charge < -0.3 is 19.3 Å². The average Bonchev–Trinajstić information content (AvgIpc) is 3.48. The van der Waals surface area contributed by atoms with Crippen molar-refractivity contribution in [1.82, 2.24) is 4.57 Å². The first-order valence-corrected chi connectivity index (χ1v) is 11.7. The Hall–Kier alpha value is -2.11. The van der Waals surface area contributed by atoms with Crippen molar-refractivity contribution >= 4 is 5.97 Å². The maximum Gasteiger partial charge on any atom is 0.305 e. The summed E-state index contributed by atoms with van der Waals surface area (Å²) in [6, 6.07) is 13.8. The molecule has 0 amide bonds. The first kappa shape index (κ1) is 23.6. The summed E-state index contributed by atoms with van der Waals surface area (Å²) in [6.45, 7) is 11.1. The van der Waals surface area contributed by atoms with E-state index in [2.05, 4.69) is 67.9 Å². The highest BCUT2D eigenvalue weighted by atomic mass is 16.5. The lowest BCUT2D eigenvalue weighted by Gasteiger charge is -2.23. The monoisotopic (exact) mass is 427 g/mol. The van der Waals surface area contributed by atoms with Gasteiger partial charge in [-0.2, -0.15) is 0 Å². The minimum Gasteiger partial charge on any atom is -0.463 e. The molecule has 1 aliphatic rings. The highest BCUT2D eigenvalue weighted by Gasteiger charge is 2.35. The van der Waals surface area contributed by atoms with Gasteiger partial charge in [0.1, 0.15) is 25.8 Å². The van der Waals surface area contributed by atoms with Gasteiger partial charge >= 0.3 is 5.97 Å². The van der Waals surface area contributed by atoms with Crippen LogP contribution in [0, 0.1) is 0 Å². The van der Waals surface area contributed by atoms with E-state index in [1.165, 1.54) is 34.6 Å².